The zero-order valence-corrected chi connectivity index (χ0v) is 20.0. The molecule has 0 aliphatic heterocycles. The first kappa shape index (κ1) is 31.4. The van der Waals surface area contributed by atoms with Gasteiger partial charge in [0.1, 0.15) is 13.2 Å². The highest BCUT2D eigenvalue weighted by atomic mass is 16.7. The third-order valence-corrected chi connectivity index (χ3v) is 4.20. The van der Waals surface area contributed by atoms with E-state index in [1.807, 2.05) is 0 Å². The first-order valence-electron chi connectivity index (χ1n) is 10.2. The quantitative estimate of drug-likeness (QED) is 0.0734. The lowest BCUT2D eigenvalue weighted by atomic mass is 9.95. The van der Waals surface area contributed by atoms with Crippen LogP contribution in [0.3, 0.4) is 0 Å². The van der Waals surface area contributed by atoms with E-state index in [2.05, 4.69) is 4.74 Å². The Balaban J connectivity index is 5.86. The van der Waals surface area contributed by atoms with Gasteiger partial charge in [0, 0.05) is 6.92 Å². The number of ether oxygens (including phenoxy) is 4. The maximum absolute atomic E-state index is 12.5. The van der Waals surface area contributed by atoms with Crippen molar-refractivity contribution in [3.8, 4) is 0 Å². The lowest BCUT2D eigenvalue weighted by Crippen LogP contribution is -2.49. The SMILES string of the molecule is CCC(OC(=O)C(OCC[N+](C)(C)C)OC(=O)CC(CC(=O)O)(OC(=O)C(C)=O)C(=O)O)C(=O)O. The van der Waals surface area contributed by atoms with Gasteiger partial charge in [-0.2, -0.15) is 0 Å². The molecule has 0 rings (SSSR count). The zero-order chi connectivity index (χ0) is 27.6. The van der Waals surface area contributed by atoms with Crippen molar-refractivity contribution in [2.75, 3.05) is 34.3 Å². The lowest BCUT2D eigenvalue weighted by Gasteiger charge is -2.28. The van der Waals surface area contributed by atoms with Crippen LogP contribution in [0.4, 0.5) is 0 Å². The van der Waals surface area contributed by atoms with Gasteiger partial charge in [0.15, 0.2) is 6.10 Å². The van der Waals surface area contributed by atoms with Crippen molar-refractivity contribution in [2.24, 2.45) is 0 Å². The molecule has 15 nitrogen and oxygen atoms in total. The number of quaternary nitrogens is 1. The molecule has 0 aliphatic carbocycles. The Labute approximate surface area is 200 Å². The first-order valence-corrected chi connectivity index (χ1v) is 10.2. The fourth-order valence-electron chi connectivity index (χ4n) is 2.31. The van der Waals surface area contributed by atoms with Crippen LogP contribution in [0.1, 0.15) is 33.1 Å². The van der Waals surface area contributed by atoms with Gasteiger partial charge in [0.2, 0.25) is 11.4 Å². The Bertz CT molecular complexity index is 845. The van der Waals surface area contributed by atoms with Gasteiger partial charge in [-0.15, -0.1) is 0 Å². The van der Waals surface area contributed by atoms with Gasteiger partial charge >= 0.3 is 42.1 Å². The van der Waals surface area contributed by atoms with E-state index in [0.717, 1.165) is 6.92 Å². The molecular formula is C20H30NO14+. The van der Waals surface area contributed by atoms with Crippen molar-refractivity contribution < 1.29 is 72.3 Å². The first-order chi connectivity index (χ1) is 15.9. The molecule has 0 aromatic heterocycles. The van der Waals surface area contributed by atoms with E-state index in [0.29, 0.717) is 4.48 Å². The van der Waals surface area contributed by atoms with E-state index in [-0.39, 0.29) is 19.6 Å². The molecule has 0 radical (unpaired) electrons. The molecule has 15 heteroatoms. The molecule has 3 atom stereocenters. The molecule has 198 valence electrons. The van der Waals surface area contributed by atoms with E-state index in [1.165, 1.54) is 6.92 Å². The van der Waals surface area contributed by atoms with Crippen molar-refractivity contribution >= 4 is 41.6 Å². The molecular weight excluding hydrogens is 478 g/mol. The minimum absolute atomic E-state index is 0.137. The molecule has 0 fully saturated rings. The second-order valence-electron chi connectivity index (χ2n) is 8.37. The number of hydrogen-bond donors (Lipinski definition) is 3. The number of rotatable bonds is 16. The summed E-state index contributed by atoms with van der Waals surface area (Å²) in [4.78, 5) is 81.9. The van der Waals surface area contributed by atoms with Gasteiger partial charge < -0.3 is 38.8 Å². The molecule has 0 spiro atoms. The van der Waals surface area contributed by atoms with Crippen LogP contribution in [-0.4, -0.2) is 114 Å². The number of carbonyl (C=O) groups is 7. The molecule has 0 aliphatic rings. The predicted molar refractivity (Wildman–Crippen MR) is 111 cm³/mol. The van der Waals surface area contributed by atoms with E-state index in [9.17, 15) is 38.7 Å². The van der Waals surface area contributed by atoms with Crippen LogP contribution >= 0.6 is 0 Å². The van der Waals surface area contributed by atoms with E-state index in [4.69, 9.17) is 24.4 Å². The third kappa shape index (κ3) is 11.4. The predicted octanol–water partition coefficient (Wildman–Crippen LogP) is -1.19. The number of carboxylic acid groups (broad SMARTS) is 3. The van der Waals surface area contributed by atoms with Gasteiger partial charge in [-0.1, -0.05) is 6.92 Å². The Morgan fingerprint density at radius 3 is 1.89 bits per heavy atom. The highest BCUT2D eigenvalue weighted by Crippen LogP contribution is 2.24. The van der Waals surface area contributed by atoms with Crippen molar-refractivity contribution in [3.63, 3.8) is 0 Å². The van der Waals surface area contributed by atoms with Crippen LogP contribution in [0, 0.1) is 0 Å². The number of ketones is 1. The molecule has 0 saturated carbocycles. The van der Waals surface area contributed by atoms with Crippen molar-refractivity contribution in [3.05, 3.63) is 0 Å². The molecule has 0 bridgehead atoms. The summed E-state index contributed by atoms with van der Waals surface area (Å²) in [5, 5.41) is 27.6. The monoisotopic (exact) mass is 508 g/mol. The van der Waals surface area contributed by atoms with Gasteiger partial charge in [0.25, 0.3) is 0 Å². The summed E-state index contributed by atoms with van der Waals surface area (Å²) < 4.78 is 19.6. The van der Waals surface area contributed by atoms with Crippen molar-refractivity contribution in [1.29, 1.82) is 0 Å². The number of esters is 3. The highest BCUT2D eigenvalue weighted by molar-refractivity contribution is 6.33. The summed E-state index contributed by atoms with van der Waals surface area (Å²) >= 11 is 0. The number of Topliss-reactive ketones (excluding diaryl/α,β-unsaturated/α-hetero) is 1. The summed E-state index contributed by atoms with van der Waals surface area (Å²) in [5.74, 6) is -11.3. The Morgan fingerprint density at radius 2 is 1.49 bits per heavy atom. The molecule has 0 amide bonds. The summed E-state index contributed by atoms with van der Waals surface area (Å²) in [6, 6.07) is 0. The average molecular weight is 508 g/mol. The Hall–Kier alpha value is -3.59. The topological polar surface area (TPSA) is 217 Å². The fourth-order valence-corrected chi connectivity index (χ4v) is 2.31. The molecule has 0 aromatic carbocycles. The number of aliphatic carboxylic acids is 3. The molecule has 0 heterocycles. The molecule has 3 N–H and O–H groups in total. The summed E-state index contributed by atoms with van der Waals surface area (Å²) in [6.45, 7) is 2.22. The smallest absolute Gasteiger partial charge is 0.377 e. The fraction of sp³-hybridized carbons (Fsp3) is 0.650. The minimum atomic E-state index is -3.05. The minimum Gasteiger partial charge on any atom is -0.481 e. The van der Waals surface area contributed by atoms with Crippen LogP contribution in [-0.2, 0) is 52.5 Å². The third-order valence-electron chi connectivity index (χ3n) is 4.20. The Kier molecular flexibility index (Phi) is 12.0. The molecule has 3 unspecified atom stereocenters. The molecule has 0 saturated heterocycles. The summed E-state index contributed by atoms with van der Waals surface area (Å²) in [7, 11) is 5.32. The maximum Gasteiger partial charge on any atom is 0.377 e. The summed E-state index contributed by atoms with van der Waals surface area (Å²) in [5.41, 5.74) is -3.05. The van der Waals surface area contributed by atoms with Crippen LogP contribution in [0.15, 0.2) is 0 Å². The number of hydrogen-bond acceptors (Lipinski definition) is 11. The van der Waals surface area contributed by atoms with E-state index < -0.39 is 72.4 Å². The zero-order valence-electron chi connectivity index (χ0n) is 20.0. The summed E-state index contributed by atoms with van der Waals surface area (Å²) in [6.07, 6.45) is -6.74. The van der Waals surface area contributed by atoms with E-state index in [1.54, 1.807) is 21.1 Å². The van der Waals surface area contributed by atoms with Gasteiger partial charge in [-0.3, -0.25) is 14.4 Å². The Morgan fingerprint density at radius 1 is 0.914 bits per heavy atom. The van der Waals surface area contributed by atoms with Crippen LogP contribution < -0.4 is 0 Å². The lowest BCUT2D eigenvalue weighted by molar-refractivity contribution is -0.870. The molecule has 0 aromatic rings. The second-order valence-corrected chi connectivity index (χ2v) is 8.37. The maximum atomic E-state index is 12.5. The van der Waals surface area contributed by atoms with Crippen molar-refractivity contribution in [2.45, 2.75) is 51.1 Å². The van der Waals surface area contributed by atoms with Crippen LogP contribution in [0.5, 0.6) is 0 Å². The number of nitrogens with zero attached hydrogens (tertiary/aromatic N) is 1. The number of carbonyl (C=O) groups excluding carboxylic acids is 4. The van der Waals surface area contributed by atoms with Crippen LogP contribution in [0.2, 0.25) is 0 Å². The second kappa shape index (κ2) is 13.3. The van der Waals surface area contributed by atoms with Gasteiger partial charge in [0.05, 0.1) is 34.0 Å². The van der Waals surface area contributed by atoms with Gasteiger partial charge in [-0.05, 0) is 6.42 Å². The number of carboxylic acids is 3. The number of likely N-dealkylation sites (N-methyl/N-ethyl adjacent to an activating group) is 1. The standard InChI is InChI=1S/C20H29NO14/c1-6-12(15(26)27)33-17(29)18(32-8-7-21(3,4)5)34-14(25)10-20(19(30)31,9-13(23)24)35-16(28)11(2)22/h12,18H,6-10H2,1-5H3,(H2-,23,24,26,27,30,31)/p+1. The molecule has 35 heavy (non-hydrogen) atoms. The average Bonchev–Trinajstić information content (AvgIpc) is 2.68. The van der Waals surface area contributed by atoms with E-state index >= 15 is 0 Å². The van der Waals surface area contributed by atoms with Crippen molar-refractivity contribution in [1.82, 2.24) is 0 Å². The highest BCUT2D eigenvalue weighted by Gasteiger charge is 2.49. The normalized spacial score (nSPS) is 14.5. The largest absolute Gasteiger partial charge is 0.481 e. The van der Waals surface area contributed by atoms with Crippen LogP contribution in [0.25, 0.3) is 0 Å². The van der Waals surface area contributed by atoms with Gasteiger partial charge in [-0.25, -0.2) is 19.2 Å².